The minimum absolute atomic E-state index is 0.637. The standard InChI is InChI=1S/C15H17N3S/c1-2-13-5-3-4-6-14(13)18-15(19)17-11-12-7-9-16-10-8-12/h3-10H,2,11H2,1H3,(H2,17,18,19). The van der Waals surface area contributed by atoms with E-state index in [0.717, 1.165) is 17.7 Å². The second kappa shape index (κ2) is 6.85. The first-order chi connectivity index (χ1) is 9.29. The lowest BCUT2D eigenvalue weighted by Crippen LogP contribution is -2.28. The molecule has 4 heteroatoms. The third-order valence-electron chi connectivity index (χ3n) is 2.85. The molecule has 19 heavy (non-hydrogen) atoms. The van der Waals surface area contributed by atoms with Crippen LogP contribution in [-0.2, 0) is 13.0 Å². The lowest BCUT2D eigenvalue weighted by atomic mass is 10.1. The highest BCUT2D eigenvalue weighted by Crippen LogP contribution is 2.15. The quantitative estimate of drug-likeness (QED) is 0.838. The summed E-state index contributed by atoms with van der Waals surface area (Å²) in [5.41, 5.74) is 3.48. The fourth-order valence-electron chi connectivity index (χ4n) is 1.80. The van der Waals surface area contributed by atoms with Crippen LogP contribution in [-0.4, -0.2) is 10.1 Å². The van der Waals surface area contributed by atoms with E-state index in [4.69, 9.17) is 12.2 Å². The normalized spacial score (nSPS) is 9.95. The van der Waals surface area contributed by atoms with Gasteiger partial charge in [-0.15, -0.1) is 0 Å². The topological polar surface area (TPSA) is 37.0 Å². The Labute approximate surface area is 119 Å². The molecule has 1 aromatic heterocycles. The highest BCUT2D eigenvalue weighted by Gasteiger charge is 2.01. The zero-order valence-corrected chi connectivity index (χ0v) is 11.7. The summed E-state index contributed by atoms with van der Waals surface area (Å²) in [6.07, 6.45) is 4.54. The van der Waals surface area contributed by atoms with Crippen molar-refractivity contribution in [2.24, 2.45) is 0 Å². The number of aromatic nitrogens is 1. The van der Waals surface area contributed by atoms with Gasteiger partial charge in [0, 0.05) is 24.6 Å². The maximum Gasteiger partial charge on any atom is 0.171 e. The fourth-order valence-corrected chi connectivity index (χ4v) is 1.98. The average Bonchev–Trinajstić information content (AvgIpc) is 2.47. The Morgan fingerprint density at radius 2 is 1.89 bits per heavy atom. The van der Waals surface area contributed by atoms with Gasteiger partial charge in [0.1, 0.15) is 0 Å². The van der Waals surface area contributed by atoms with E-state index in [1.165, 1.54) is 5.56 Å². The van der Waals surface area contributed by atoms with Crippen molar-refractivity contribution in [3.63, 3.8) is 0 Å². The van der Waals surface area contributed by atoms with Gasteiger partial charge in [-0.05, 0) is 48.0 Å². The highest BCUT2D eigenvalue weighted by atomic mass is 32.1. The Morgan fingerprint density at radius 1 is 1.16 bits per heavy atom. The first-order valence-electron chi connectivity index (χ1n) is 6.31. The van der Waals surface area contributed by atoms with Crippen LogP contribution in [0.2, 0.25) is 0 Å². The number of rotatable bonds is 4. The van der Waals surface area contributed by atoms with Crippen LogP contribution in [0.15, 0.2) is 48.8 Å². The number of aryl methyl sites for hydroxylation is 1. The van der Waals surface area contributed by atoms with E-state index in [9.17, 15) is 0 Å². The van der Waals surface area contributed by atoms with Gasteiger partial charge in [0.05, 0.1) is 0 Å². The number of pyridine rings is 1. The molecular formula is C15H17N3S. The predicted octanol–water partition coefficient (Wildman–Crippen LogP) is 3.13. The number of thiocarbonyl (C=S) groups is 1. The molecule has 0 saturated carbocycles. The molecule has 2 N–H and O–H groups in total. The number of nitrogens with one attached hydrogen (secondary N) is 2. The summed E-state index contributed by atoms with van der Waals surface area (Å²) >= 11 is 5.30. The number of hydrogen-bond acceptors (Lipinski definition) is 2. The number of hydrogen-bond donors (Lipinski definition) is 2. The van der Waals surface area contributed by atoms with Gasteiger partial charge in [-0.2, -0.15) is 0 Å². The summed E-state index contributed by atoms with van der Waals surface area (Å²) < 4.78 is 0. The van der Waals surface area contributed by atoms with Crippen LogP contribution in [0.3, 0.4) is 0 Å². The van der Waals surface area contributed by atoms with Gasteiger partial charge in [0.2, 0.25) is 0 Å². The van der Waals surface area contributed by atoms with E-state index in [1.807, 2.05) is 30.3 Å². The van der Waals surface area contributed by atoms with Gasteiger partial charge in [0.25, 0.3) is 0 Å². The van der Waals surface area contributed by atoms with Crippen molar-refractivity contribution < 1.29 is 0 Å². The molecule has 0 spiro atoms. The van der Waals surface area contributed by atoms with Crippen LogP contribution >= 0.6 is 12.2 Å². The number of nitrogens with zero attached hydrogens (tertiary/aromatic N) is 1. The Bertz CT molecular complexity index is 540. The van der Waals surface area contributed by atoms with Crippen molar-refractivity contribution in [3.05, 3.63) is 59.9 Å². The number of anilines is 1. The van der Waals surface area contributed by atoms with Crippen molar-refractivity contribution in [1.82, 2.24) is 10.3 Å². The SMILES string of the molecule is CCc1ccccc1NC(=S)NCc1ccncc1. The second-order valence-corrected chi connectivity index (χ2v) is 4.58. The van der Waals surface area contributed by atoms with E-state index in [-0.39, 0.29) is 0 Å². The molecular weight excluding hydrogens is 254 g/mol. The molecule has 2 rings (SSSR count). The van der Waals surface area contributed by atoms with Gasteiger partial charge < -0.3 is 10.6 Å². The van der Waals surface area contributed by atoms with Crippen molar-refractivity contribution in [1.29, 1.82) is 0 Å². The number of para-hydroxylation sites is 1. The smallest absolute Gasteiger partial charge is 0.171 e. The van der Waals surface area contributed by atoms with Crippen molar-refractivity contribution in [2.75, 3.05) is 5.32 Å². The van der Waals surface area contributed by atoms with Gasteiger partial charge in [-0.25, -0.2) is 0 Å². The largest absolute Gasteiger partial charge is 0.358 e. The monoisotopic (exact) mass is 271 g/mol. The molecule has 98 valence electrons. The summed E-state index contributed by atoms with van der Waals surface area (Å²) in [5.74, 6) is 0. The van der Waals surface area contributed by atoms with Crippen molar-refractivity contribution in [3.8, 4) is 0 Å². The molecule has 0 unspecified atom stereocenters. The van der Waals surface area contributed by atoms with E-state index < -0.39 is 0 Å². The second-order valence-electron chi connectivity index (χ2n) is 4.17. The van der Waals surface area contributed by atoms with Crippen LogP contribution in [0, 0.1) is 0 Å². The molecule has 0 fully saturated rings. The molecule has 3 nitrogen and oxygen atoms in total. The van der Waals surface area contributed by atoms with Crippen molar-refractivity contribution in [2.45, 2.75) is 19.9 Å². The van der Waals surface area contributed by atoms with E-state index in [2.05, 4.69) is 28.6 Å². The molecule has 2 aromatic rings. The van der Waals surface area contributed by atoms with Crippen molar-refractivity contribution >= 4 is 23.0 Å². The lowest BCUT2D eigenvalue weighted by Gasteiger charge is -2.13. The van der Waals surface area contributed by atoms with Gasteiger partial charge in [0.15, 0.2) is 5.11 Å². The lowest BCUT2D eigenvalue weighted by molar-refractivity contribution is 0.921. The van der Waals surface area contributed by atoms with Crippen LogP contribution in [0.4, 0.5) is 5.69 Å². The van der Waals surface area contributed by atoms with E-state index in [0.29, 0.717) is 11.7 Å². The molecule has 0 atom stereocenters. The maximum absolute atomic E-state index is 5.30. The Balaban J connectivity index is 1.91. The minimum atomic E-state index is 0.637. The number of benzene rings is 1. The molecule has 1 heterocycles. The van der Waals surface area contributed by atoms with Gasteiger partial charge in [-0.1, -0.05) is 25.1 Å². The zero-order valence-electron chi connectivity index (χ0n) is 10.9. The van der Waals surface area contributed by atoms with Crippen LogP contribution in [0.1, 0.15) is 18.1 Å². The first-order valence-corrected chi connectivity index (χ1v) is 6.72. The summed E-state index contributed by atoms with van der Waals surface area (Å²) in [4.78, 5) is 3.99. The molecule has 0 amide bonds. The Morgan fingerprint density at radius 3 is 2.63 bits per heavy atom. The van der Waals surface area contributed by atoms with Gasteiger partial charge >= 0.3 is 0 Å². The molecule has 0 radical (unpaired) electrons. The predicted molar refractivity (Wildman–Crippen MR) is 83.1 cm³/mol. The average molecular weight is 271 g/mol. The van der Waals surface area contributed by atoms with E-state index >= 15 is 0 Å². The van der Waals surface area contributed by atoms with Crippen LogP contribution in [0.25, 0.3) is 0 Å². The van der Waals surface area contributed by atoms with Crippen LogP contribution in [0.5, 0.6) is 0 Å². The third-order valence-corrected chi connectivity index (χ3v) is 3.10. The zero-order chi connectivity index (χ0) is 13.5. The fraction of sp³-hybridized carbons (Fsp3) is 0.200. The molecule has 0 saturated heterocycles. The first kappa shape index (κ1) is 13.5. The minimum Gasteiger partial charge on any atom is -0.358 e. The molecule has 0 bridgehead atoms. The third kappa shape index (κ3) is 4.03. The summed E-state index contributed by atoms with van der Waals surface area (Å²) in [7, 11) is 0. The molecule has 0 aliphatic rings. The summed E-state index contributed by atoms with van der Waals surface area (Å²) in [6, 6.07) is 12.1. The Hall–Kier alpha value is -1.94. The van der Waals surface area contributed by atoms with Crippen LogP contribution < -0.4 is 10.6 Å². The Kier molecular flexibility index (Phi) is 4.86. The maximum atomic E-state index is 5.30. The molecule has 0 aliphatic heterocycles. The van der Waals surface area contributed by atoms with E-state index in [1.54, 1.807) is 12.4 Å². The van der Waals surface area contributed by atoms with Gasteiger partial charge in [-0.3, -0.25) is 4.98 Å². The molecule has 1 aromatic carbocycles. The summed E-state index contributed by atoms with van der Waals surface area (Å²) in [5, 5.41) is 7.06. The highest BCUT2D eigenvalue weighted by molar-refractivity contribution is 7.80. The molecule has 0 aliphatic carbocycles. The summed E-state index contributed by atoms with van der Waals surface area (Å²) in [6.45, 7) is 2.83.